The largest absolute Gasteiger partial charge is 0.303 e. The molecule has 2 nitrogen and oxygen atoms in total. The first kappa shape index (κ1) is 10.1. The zero-order chi connectivity index (χ0) is 9.10. The number of nitrogens with zero attached hydrogens (tertiary/aromatic N) is 1. The second-order valence-electron chi connectivity index (χ2n) is 3.87. The molecule has 13 heavy (non-hydrogen) atoms. The predicted molar refractivity (Wildman–Crippen MR) is 62.6 cm³/mol. The molecule has 0 spiro atoms. The highest BCUT2D eigenvalue weighted by Crippen LogP contribution is 2.22. The molecule has 2 rings (SSSR count). The molecule has 0 saturated carbocycles. The molecule has 2 aliphatic heterocycles. The number of thioether (sulfide) groups is 2. The Hall–Kier alpha value is 0.620. The molecule has 0 aromatic rings. The van der Waals surface area contributed by atoms with Crippen molar-refractivity contribution in [2.45, 2.75) is 18.5 Å². The number of hydrogen-bond acceptors (Lipinski definition) is 4. The van der Waals surface area contributed by atoms with Gasteiger partial charge in [-0.05, 0) is 19.2 Å². The van der Waals surface area contributed by atoms with Crippen LogP contribution in [0.3, 0.4) is 0 Å². The number of likely N-dealkylation sites (N-methyl/N-ethyl adjacent to an activating group) is 1. The van der Waals surface area contributed by atoms with Crippen LogP contribution in [0, 0.1) is 0 Å². The molecule has 76 valence electrons. The lowest BCUT2D eigenvalue weighted by Gasteiger charge is -2.26. The lowest BCUT2D eigenvalue weighted by molar-refractivity contribution is 0.244. The molecule has 4 heteroatoms. The third-order valence-corrected chi connectivity index (χ3v) is 4.98. The fourth-order valence-electron chi connectivity index (χ4n) is 1.92. The third-order valence-electron chi connectivity index (χ3n) is 2.83. The van der Waals surface area contributed by atoms with Crippen LogP contribution in [0.2, 0.25) is 0 Å². The summed E-state index contributed by atoms with van der Waals surface area (Å²) in [5.74, 6) is 5.15. The van der Waals surface area contributed by atoms with Gasteiger partial charge in [0.25, 0.3) is 0 Å². The van der Waals surface area contributed by atoms with Crippen LogP contribution in [0.5, 0.6) is 0 Å². The monoisotopic (exact) mass is 218 g/mol. The Morgan fingerprint density at radius 1 is 1.38 bits per heavy atom. The van der Waals surface area contributed by atoms with Gasteiger partial charge in [-0.25, -0.2) is 0 Å². The fourth-order valence-corrected chi connectivity index (χ4v) is 4.20. The Bertz CT molecular complexity index is 154. The van der Waals surface area contributed by atoms with Gasteiger partial charge in [-0.15, -0.1) is 11.8 Å². The van der Waals surface area contributed by atoms with Gasteiger partial charge >= 0.3 is 0 Å². The van der Waals surface area contributed by atoms with Gasteiger partial charge in [-0.2, -0.15) is 11.8 Å². The van der Waals surface area contributed by atoms with E-state index in [1.54, 1.807) is 0 Å². The average Bonchev–Trinajstić information content (AvgIpc) is 2.74. The quantitative estimate of drug-likeness (QED) is 0.762. The minimum Gasteiger partial charge on any atom is -0.303 e. The van der Waals surface area contributed by atoms with Crippen LogP contribution in [0.25, 0.3) is 0 Å². The van der Waals surface area contributed by atoms with E-state index in [0.29, 0.717) is 0 Å². The standard InChI is InChI=1S/C9H18N2S2/c1-11(9-2-3-12-6-9)4-8-5-13-7-10-8/h8-10H,2-7H2,1H3. The van der Waals surface area contributed by atoms with E-state index in [4.69, 9.17) is 0 Å². The molecule has 2 heterocycles. The SMILES string of the molecule is CN(CC1CSCN1)C1CCSC1. The Morgan fingerprint density at radius 2 is 2.31 bits per heavy atom. The van der Waals surface area contributed by atoms with Crippen molar-refractivity contribution in [1.29, 1.82) is 0 Å². The lowest BCUT2D eigenvalue weighted by atomic mass is 10.2. The van der Waals surface area contributed by atoms with Crippen LogP contribution < -0.4 is 5.32 Å². The summed E-state index contributed by atoms with van der Waals surface area (Å²) in [6.07, 6.45) is 1.39. The van der Waals surface area contributed by atoms with Gasteiger partial charge in [0, 0.05) is 36.0 Å². The first-order chi connectivity index (χ1) is 6.36. The Balaban J connectivity index is 1.73. The van der Waals surface area contributed by atoms with Crippen molar-refractivity contribution in [3.63, 3.8) is 0 Å². The summed E-state index contributed by atoms with van der Waals surface area (Å²) in [7, 11) is 2.28. The van der Waals surface area contributed by atoms with Gasteiger partial charge in [-0.3, -0.25) is 0 Å². The van der Waals surface area contributed by atoms with Crippen LogP contribution in [-0.4, -0.2) is 53.7 Å². The van der Waals surface area contributed by atoms with Crippen molar-refractivity contribution < 1.29 is 0 Å². The molecule has 1 N–H and O–H groups in total. The maximum atomic E-state index is 3.53. The zero-order valence-corrected chi connectivity index (χ0v) is 9.79. The van der Waals surface area contributed by atoms with Crippen LogP contribution in [0.1, 0.15) is 6.42 Å². The molecular weight excluding hydrogens is 200 g/mol. The topological polar surface area (TPSA) is 15.3 Å². The normalized spacial score (nSPS) is 34.6. The molecule has 0 aromatic heterocycles. The third kappa shape index (κ3) is 2.78. The maximum absolute atomic E-state index is 3.53. The summed E-state index contributed by atoms with van der Waals surface area (Å²) in [6.45, 7) is 1.23. The van der Waals surface area contributed by atoms with Crippen LogP contribution in [0.4, 0.5) is 0 Å². The van der Waals surface area contributed by atoms with Gasteiger partial charge < -0.3 is 10.2 Å². The second kappa shape index (κ2) is 4.91. The smallest absolute Gasteiger partial charge is 0.0421 e. The van der Waals surface area contributed by atoms with Crippen molar-refractivity contribution in [2.75, 3.05) is 36.7 Å². The number of hydrogen-bond donors (Lipinski definition) is 1. The second-order valence-corrected chi connectivity index (χ2v) is 6.05. The van der Waals surface area contributed by atoms with E-state index < -0.39 is 0 Å². The molecule has 2 fully saturated rings. The van der Waals surface area contributed by atoms with Crippen molar-refractivity contribution >= 4 is 23.5 Å². The van der Waals surface area contributed by atoms with Gasteiger partial charge in [0.1, 0.15) is 0 Å². The van der Waals surface area contributed by atoms with E-state index >= 15 is 0 Å². The maximum Gasteiger partial charge on any atom is 0.0421 e. The van der Waals surface area contributed by atoms with Crippen LogP contribution in [0.15, 0.2) is 0 Å². The van der Waals surface area contributed by atoms with Crippen molar-refractivity contribution in [3.8, 4) is 0 Å². The van der Waals surface area contributed by atoms with E-state index in [2.05, 4.69) is 29.0 Å². The summed E-state index contributed by atoms with van der Waals surface area (Å²) >= 11 is 4.12. The van der Waals surface area contributed by atoms with Gasteiger partial charge in [0.05, 0.1) is 0 Å². The van der Waals surface area contributed by atoms with E-state index in [-0.39, 0.29) is 0 Å². The van der Waals surface area contributed by atoms with E-state index in [9.17, 15) is 0 Å². The lowest BCUT2D eigenvalue weighted by Crippen LogP contribution is -2.42. The molecule has 2 atom stereocenters. The summed E-state index contributed by atoms with van der Waals surface area (Å²) in [4.78, 5) is 2.55. The van der Waals surface area contributed by atoms with Crippen molar-refractivity contribution in [2.24, 2.45) is 0 Å². The highest BCUT2D eigenvalue weighted by atomic mass is 32.2. The molecule has 2 aliphatic rings. The highest BCUT2D eigenvalue weighted by molar-refractivity contribution is 7.99. The van der Waals surface area contributed by atoms with Crippen LogP contribution >= 0.6 is 23.5 Å². The molecule has 0 radical (unpaired) electrons. The Kier molecular flexibility index (Phi) is 3.84. The van der Waals surface area contributed by atoms with Crippen molar-refractivity contribution in [3.05, 3.63) is 0 Å². The Morgan fingerprint density at radius 3 is 2.92 bits per heavy atom. The van der Waals surface area contributed by atoms with Gasteiger partial charge in [0.2, 0.25) is 0 Å². The minimum absolute atomic E-state index is 0.737. The number of rotatable bonds is 3. The Labute approximate surface area is 89.2 Å². The highest BCUT2D eigenvalue weighted by Gasteiger charge is 2.23. The predicted octanol–water partition coefficient (Wildman–Crippen LogP) is 1.09. The summed E-state index contributed by atoms with van der Waals surface area (Å²) in [5, 5.41) is 3.53. The van der Waals surface area contributed by atoms with Gasteiger partial charge in [-0.1, -0.05) is 0 Å². The molecule has 0 aromatic carbocycles. The fraction of sp³-hybridized carbons (Fsp3) is 1.00. The van der Waals surface area contributed by atoms with E-state index in [1.807, 2.05) is 11.8 Å². The molecule has 0 bridgehead atoms. The minimum atomic E-state index is 0.737. The summed E-state index contributed by atoms with van der Waals surface area (Å²) < 4.78 is 0. The molecule has 0 aliphatic carbocycles. The summed E-state index contributed by atoms with van der Waals surface area (Å²) in [6, 6.07) is 1.58. The zero-order valence-electron chi connectivity index (χ0n) is 8.16. The first-order valence-electron chi connectivity index (χ1n) is 4.95. The molecule has 2 unspecified atom stereocenters. The van der Waals surface area contributed by atoms with Crippen LogP contribution in [-0.2, 0) is 0 Å². The van der Waals surface area contributed by atoms with E-state index in [1.165, 1.54) is 30.2 Å². The first-order valence-corrected chi connectivity index (χ1v) is 7.26. The number of nitrogens with one attached hydrogen (secondary N) is 1. The average molecular weight is 218 g/mol. The molecule has 2 saturated heterocycles. The molecule has 0 amide bonds. The van der Waals surface area contributed by atoms with E-state index in [0.717, 1.165) is 18.0 Å². The molecular formula is C9H18N2S2. The summed E-state index contributed by atoms with van der Waals surface area (Å²) in [5.41, 5.74) is 0. The van der Waals surface area contributed by atoms with Crippen molar-refractivity contribution in [1.82, 2.24) is 10.2 Å². The van der Waals surface area contributed by atoms with Gasteiger partial charge in [0.15, 0.2) is 0 Å².